The lowest BCUT2D eigenvalue weighted by Gasteiger charge is -2.33. The van der Waals surface area contributed by atoms with Crippen LogP contribution in [0.25, 0.3) is 0 Å². The normalized spacial score (nSPS) is 18.4. The summed E-state index contributed by atoms with van der Waals surface area (Å²) in [4.78, 5) is 15.7. The molecule has 1 rings (SSSR count). The third-order valence-electron chi connectivity index (χ3n) is 3.26. The Bertz CT molecular complexity index is 288. The fourth-order valence-corrected chi connectivity index (χ4v) is 2.97. The molecular weight excluding hydrogens is 236 g/mol. The number of carbonyl (C=O) groups excluding carboxylic acids is 1. The van der Waals surface area contributed by atoms with Crippen molar-refractivity contribution in [1.29, 1.82) is 0 Å². The average molecular weight is 258 g/mol. The molecule has 1 aliphatic heterocycles. The molecule has 5 heteroatoms. The van der Waals surface area contributed by atoms with Crippen molar-refractivity contribution in [1.82, 2.24) is 5.32 Å². The minimum Gasteiger partial charge on any atom is -0.465 e. The summed E-state index contributed by atoms with van der Waals surface area (Å²) >= 11 is 1.71. The Morgan fingerprint density at radius 1 is 1.47 bits per heavy atom. The van der Waals surface area contributed by atoms with Crippen molar-refractivity contribution < 1.29 is 9.53 Å². The topological polar surface area (TPSA) is 50.7 Å². The van der Waals surface area contributed by atoms with Crippen LogP contribution >= 0.6 is 11.8 Å². The Balaban J connectivity index is 2.38. The maximum Gasteiger partial charge on any atom is 0.325 e. The minimum absolute atomic E-state index is 0.213. The summed E-state index contributed by atoms with van der Waals surface area (Å²) in [6, 6.07) is 0. The second-order valence-electron chi connectivity index (χ2n) is 4.28. The molecule has 0 radical (unpaired) electrons. The van der Waals surface area contributed by atoms with Crippen molar-refractivity contribution in [3.8, 4) is 0 Å². The summed E-state index contributed by atoms with van der Waals surface area (Å²) in [5, 5.41) is 3.90. The van der Waals surface area contributed by atoms with Crippen molar-refractivity contribution in [3.05, 3.63) is 0 Å². The number of hydrogen-bond donors (Lipinski definition) is 1. The SMILES string of the molecule is CCOC(=O)CNC1=NCC(CC)(CC)CS1. The zero-order valence-electron chi connectivity index (χ0n) is 10.9. The average Bonchev–Trinajstić information content (AvgIpc) is 2.37. The maximum atomic E-state index is 11.2. The van der Waals surface area contributed by atoms with E-state index in [2.05, 4.69) is 24.2 Å². The summed E-state index contributed by atoms with van der Waals surface area (Å²) in [5.41, 5.74) is 0.347. The van der Waals surface area contributed by atoms with E-state index in [0.29, 0.717) is 12.0 Å². The molecular formula is C12H22N2O2S. The summed E-state index contributed by atoms with van der Waals surface area (Å²) in [6.07, 6.45) is 2.32. The van der Waals surface area contributed by atoms with Crippen LogP contribution in [0.4, 0.5) is 0 Å². The Labute approximate surface area is 108 Å². The van der Waals surface area contributed by atoms with Crippen LogP contribution in [0.2, 0.25) is 0 Å². The molecule has 0 aromatic rings. The molecule has 0 saturated heterocycles. The van der Waals surface area contributed by atoms with E-state index in [1.165, 1.54) is 0 Å². The van der Waals surface area contributed by atoms with Gasteiger partial charge in [-0.2, -0.15) is 0 Å². The van der Waals surface area contributed by atoms with Gasteiger partial charge in [-0.05, 0) is 25.2 Å². The van der Waals surface area contributed by atoms with E-state index >= 15 is 0 Å². The van der Waals surface area contributed by atoms with Gasteiger partial charge in [0.1, 0.15) is 6.54 Å². The summed E-state index contributed by atoms with van der Waals surface area (Å²) in [5.74, 6) is 0.855. The molecule has 17 heavy (non-hydrogen) atoms. The predicted octanol–water partition coefficient (Wildman–Crippen LogP) is 2.05. The molecule has 0 fully saturated rings. The predicted molar refractivity (Wildman–Crippen MR) is 72.4 cm³/mol. The Morgan fingerprint density at radius 3 is 2.65 bits per heavy atom. The van der Waals surface area contributed by atoms with E-state index in [0.717, 1.165) is 30.3 Å². The van der Waals surface area contributed by atoms with Crippen molar-refractivity contribution >= 4 is 22.9 Å². The van der Waals surface area contributed by atoms with Crippen LogP contribution in [-0.4, -0.2) is 36.6 Å². The van der Waals surface area contributed by atoms with Crippen LogP contribution in [0.15, 0.2) is 4.99 Å². The van der Waals surface area contributed by atoms with Crippen LogP contribution in [-0.2, 0) is 9.53 Å². The van der Waals surface area contributed by atoms with Crippen LogP contribution < -0.4 is 5.32 Å². The monoisotopic (exact) mass is 258 g/mol. The minimum atomic E-state index is -0.224. The van der Waals surface area contributed by atoms with Gasteiger partial charge in [0, 0.05) is 12.3 Å². The van der Waals surface area contributed by atoms with E-state index in [4.69, 9.17) is 4.74 Å². The number of nitrogens with one attached hydrogen (secondary N) is 1. The largest absolute Gasteiger partial charge is 0.465 e. The van der Waals surface area contributed by atoms with Gasteiger partial charge in [0.25, 0.3) is 0 Å². The fraction of sp³-hybridized carbons (Fsp3) is 0.833. The third kappa shape index (κ3) is 4.22. The molecule has 1 heterocycles. The zero-order valence-corrected chi connectivity index (χ0v) is 11.7. The second kappa shape index (κ2) is 6.89. The van der Waals surface area contributed by atoms with Gasteiger partial charge in [0.05, 0.1) is 6.61 Å². The molecule has 0 aromatic carbocycles. The van der Waals surface area contributed by atoms with Gasteiger partial charge in [-0.25, -0.2) is 0 Å². The first-order chi connectivity index (χ1) is 8.15. The number of esters is 1. The molecule has 0 unspecified atom stereocenters. The van der Waals surface area contributed by atoms with Crippen molar-refractivity contribution in [2.75, 3.05) is 25.4 Å². The first-order valence-corrected chi connectivity index (χ1v) is 7.21. The van der Waals surface area contributed by atoms with Crippen molar-refractivity contribution in [2.45, 2.75) is 33.6 Å². The molecule has 0 amide bonds. The van der Waals surface area contributed by atoms with Gasteiger partial charge >= 0.3 is 5.97 Å². The number of nitrogens with zero attached hydrogens (tertiary/aromatic N) is 1. The standard InChI is InChI=1S/C12H22N2O2S/c1-4-12(5-2)8-14-11(17-9-12)13-7-10(15)16-6-3/h4-9H2,1-3H3,(H,13,14). The molecule has 0 saturated carbocycles. The lowest BCUT2D eigenvalue weighted by Crippen LogP contribution is -2.36. The third-order valence-corrected chi connectivity index (χ3v) is 4.57. The zero-order chi connectivity index (χ0) is 12.7. The van der Waals surface area contributed by atoms with E-state index in [1.807, 2.05) is 6.92 Å². The molecule has 98 valence electrons. The highest BCUT2D eigenvalue weighted by molar-refractivity contribution is 8.13. The quantitative estimate of drug-likeness (QED) is 0.767. The number of aliphatic imine (C=N–C) groups is 1. The number of ether oxygens (including phenoxy) is 1. The number of rotatable bonds is 5. The summed E-state index contributed by atoms with van der Waals surface area (Å²) < 4.78 is 4.85. The highest BCUT2D eigenvalue weighted by Gasteiger charge is 2.30. The van der Waals surface area contributed by atoms with Gasteiger partial charge < -0.3 is 10.1 Å². The Morgan fingerprint density at radius 2 is 2.18 bits per heavy atom. The number of amidine groups is 1. The first-order valence-electron chi connectivity index (χ1n) is 6.22. The maximum absolute atomic E-state index is 11.2. The van der Waals surface area contributed by atoms with Crippen LogP contribution in [0.5, 0.6) is 0 Å². The lowest BCUT2D eigenvalue weighted by atomic mass is 9.84. The Hall–Kier alpha value is -0.710. The molecule has 0 aromatic heterocycles. The van der Waals surface area contributed by atoms with Gasteiger partial charge in [-0.3, -0.25) is 9.79 Å². The molecule has 0 bridgehead atoms. The van der Waals surface area contributed by atoms with Gasteiger partial charge in [-0.1, -0.05) is 25.6 Å². The van der Waals surface area contributed by atoms with E-state index in [-0.39, 0.29) is 12.5 Å². The smallest absolute Gasteiger partial charge is 0.325 e. The second-order valence-corrected chi connectivity index (χ2v) is 5.24. The molecule has 1 aliphatic rings. The molecule has 0 aliphatic carbocycles. The number of hydrogen-bond acceptors (Lipinski definition) is 5. The van der Waals surface area contributed by atoms with Crippen LogP contribution in [0.3, 0.4) is 0 Å². The molecule has 0 atom stereocenters. The van der Waals surface area contributed by atoms with Crippen molar-refractivity contribution in [3.63, 3.8) is 0 Å². The Kier molecular flexibility index (Phi) is 5.82. The van der Waals surface area contributed by atoms with E-state index in [1.54, 1.807) is 11.8 Å². The highest BCUT2D eigenvalue weighted by Crippen LogP contribution is 2.34. The van der Waals surface area contributed by atoms with Gasteiger partial charge in [0.2, 0.25) is 0 Å². The van der Waals surface area contributed by atoms with Crippen LogP contribution in [0.1, 0.15) is 33.6 Å². The fourth-order valence-electron chi connectivity index (χ4n) is 1.70. The van der Waals surface area contributed by atoms with Gasteiger partial charge in [0.15, 0.2) is 5.17 Å². The lowest BCUT2D eigenvalue weighted by molar-refractivity contribution is -0.141. The summed E-state index contributed by atoms with van der Waals surface area (Å²) in [7, 11) is 0. The first kappa shape index (κ1) is 14.4. The number of carbonyl (C=O) groups is 1. The number of thioether (sulfide) groups is 1. The van der Waals surface area contributed by atoms with Crippen molar-refractivity contribution in [2.24, 2.45) is 10.4 Å². The van der Waals surface area contributed by atoms with E-state index in [9.17, 15) is 4.79 Å². The van der Waals surface area contributed by atoms with Gasteiger partial charge in [-0.15, -0.1) is 0 Å². The molecule has 1 N–H and O–H groups in total. The van der Waals surface area contributed by atoms with Crippen LogP contribution in [0, 0.1) is 5.41 Å². The molecule has 4 nitrogen and oxygen atoms in total. The summed E-state index contributed by atoms with van der Waals surface area (Å²) in [6.45, 7) is 7.74. The van der Waals surface area contributed by atoms with E-state index < -0.39 is 0 Å². The molecule has 0 spiro atoms. The highest BCUT2D eigenvalue weighted by atomic mass is 32.2.